The fourth-order valence-corrected chi connectivity index (χ4v) is 1.88. The lowest BCUT2D eigenvalue weighted by Crippen LogP contribution is -2.17. The van der Waals surface area contributed by atoms with Gasteiger partial charge in [0.25, 0.3) is 0 Å². The smallest absolute Gasteiger partial charge is 0.335 e. The standard InChI is InChI=1S/C15H12ClNO3/c16-13(10-4-2-1-3-5-10)14(18)17-12-8-6-11(7-9-12)15(19)20/h1-9,13H,(H,17,18)(H,19,20). The Balaban J connectivity index is 2.06. The van der Waals surface area contributed by atoms with Crippen LogP contribution in [-0.2, 0) is 4.79 Å². The summed E-state index contributed by atoms with van der Waals surface area (Å²) in [5.41, 5.74) is 1.36. The third-order valence-electron chi connectivity index (χ3n) is 2.72. The molecule has 1 unspecified atom stereocenters. The van der Waals surface area contributed by atoms with Crippen LogP contribution in [0.4, 0.5) is 5.69 Å². The van der Waals surface area contributed by atoms with E-state index < -0.39 is 11.3 Å². The number of carbonyl (C=O) groups is 2. The van der Waals surface area contributed by atoms with E-state index in [1.54, 1.807) is 24.3 Å². The molecule has 1 atom stereocenters. The van der Waals surface area contributed by atoms with E-state index in [9.17, 15) is 9.59 Å². The number of nitrogens with one attached hydrogen (secondary N) is 1. The van der Waals surface area contributed by atoms with Crippen molar-refractivity contribution in [2.75, 3.05) is 5.32 Å². The van der Waals surface area contributed by atoms with Crippen LogP contribution in [0.1, 0.15) is 21.3 Å². The molecule has 20 heavy (non-hydrogen) atoms. The number of halogens is 1. The molecular weight excluding hydrogens is 278 g/mol. The maximum atomic E-state index is 12.0. The highest BCUT2D eigenvalue weighted by Gasteiger charge is 2.17. The van der Waals surface area contributed by atoms with Crippen molar-refractivity contribution in [3.8, 4) is 0 Å². The molecule has 0 heterocycles. The Morgan fingerprint density at radius 1 is 1.00 bits per heavy atom. The molecule has 2 aromatic carbocycles. The SMILES string of the molecule is O=C(O)c1ccc(NC(=O)C(Cl)c2ccccc2)cc1. The predicted octanol–water partition coefficient (Wildman–Crippen LogP) is 3.30. The van der Waals surface area contributed by atoms with Gasteiger partial charge in [-0.1, -0.05) is 30.3 Å². The normalized spacial score (nSPS) is 11.7. The molecule has 2 aromatic rings. The highest BCUT2D eigenvalue weighted by atomic mass is 35.5. The highest BCUT2D eigenvalue weighted by Crippen LogP contribution is 2.22. The quantitative estimate of drug-likeness (QED) is 0.849. The summed E-state index contributed by atoms with van der Waals surface area (Å²) < 4.78 is 0. The van der Waals surface area contributed by atoms with Crippen LogP contribution in [0, 0.1) is 0 Å². The van der Waals surface area contributed by atoms with Gasteiger partial charge in [-0.2, -0.15) is 0 Å². The van der Waals surface area contributed by atoms with Crippen LogP contribution in [0.2, 0.25) is 0 Å². The molecule has 5 heteroatoms. The van der Waals surface area contributed by atoms with Gasteiger partial charge in [-0.25, -0.2) is 4.79 Å². The number of carboxylic acids is 1. The first-order valence-electron chi connectivity index (χ1n) is 5.91. The van der Waals surface area contributed by atoms with E-state index in [-0.39, 0.29) is 11.5 Å². The minimum Gasteiger partial charge on any atom is -0.478 e. The van der Waals surface area contributed by atoms with E-state index in [1.807, 2.05) is 6.07 Å². The summed E-state index contributed by atoms with van der Waals surface area (Å²) in [4.78, 5) is 22.7. The molecule has 0 fully saturated rings. The zero-order chi connectivity index (χ0) is 14.5. The third kappa shape index (κ3) is 3.36. The van der Waals surface area contributed by atoms with Gasteiger partial charge in [0.15, 0.2) is 0 Å². The summed E-state index contributed by atoms with van der Waals surface area (Å²) in [7, 11) is 0. The van der Waals surface area contributed by atoms with Crippen molar-refractivity contribution in [2.24, 2.45) is 0 Å². The van der Waals surface area contributed by atoms with Crippen molar-refractivity contribution in [1.29, 1.82) is 0 Å². The largest absolute Gasteiger partial charge is 0.478 e. The predicted molar refractivity (Wildman–Crippen MR) is 77.1 cm³/mol. The molecule has 0 spiro atoms. The molecule has 1 amide bonds. The first-order valence-corrected chi connectivity index (χ1v) is 6.35. The fraction of sp³-hybridized carbons (Fsp3) is 0.0667. The number of anilines is 1. The van der Waals surface area contributed by atoms with Crippen LogP contribution >= 0.6 is 11.6 Å². The number of carbonyl (C=O) groups excluding carboxylic acids is 1. The maximum absolute atomic E-state index is 12.0. The van der Waals surface area contributed by atoms with Gasteiger partial charge < -0.3 is 10.4 Å². The second-order valence-electron chi connectivity index (χ2n) is 4.14. The van der Waals surface area contributed by atoms with Gasteiger partial charge in [0.2, 0.25) is 5.91 Å². The average molecular weight is 290 g/mol. The van der Waals surface area contributed by atoms with E-state index in [1.165, 1.54) is 24.3 Å². The van der Waals surface area contributed by atoms with E-state index in [4.69, 9.17) is 16.7 Å². The lowest BCUT2D eigenvalue weighted by Gasteiger charge is -2.11. The second-order valence-corrected chi connectivity index (χ2v) is 4.58. The topological polar surface area (TPSA) is 66.4 Å². The zero-order valence-corrected chi connectivity index (χ0v) is 11.2. The van der Waals surface area contributed by atoms with E-state index in [0.717, 1.165) is 0 Å². The van der Waals surface area contributed by atoms with Gasteiger partial charge in [-0.15, -0.1) is 11.6 Å². The molecule has 0 saturated carbocycles. The molecule has 0 aromatic heterocycles. The first kappa shape index (κ1) is 14.1. The van der Waals surface area contributed by atoms with E-state index >= 15 is 0 Å². The molecule has 0 aliphatic heterocycles. The maximum Gasteiger partial charge on any atom is 0.335 e. The number of amides is 1. The van der Waals surface area contributed by atoms with Crippen molar-refractivity contribution in [2.45, 2.75) is 5.38 Å². The van der Waals surface area contributed by atoms with Crippen molar-refractivity contribution in [1.82, 2.24) is 0 Å². The molecule has 0 radical (unpaired) electrons. The summed E-state index contributed by atoms with van der Waals surface area (Å²) in [6.45, 7) is 0. The lowest BCUT2D eigenvalue weighted by molar-refractivity contribution is -0.116. The number of benzene rings is 2. The zero-order valence-electron chi connectivity index (χ0n) is 10.4. The van der Waals surface area contributed by atoms with Gasteiger partial charge in [0, 0.05) is 5.69 Å². The summed E-state index contributed by atoms with van der Waals surface area (Å²) in [5, 5.41) is 10.6. The number of hydrogen-bond donors (Lipinski definition) is 2. The Morgan fingerprint density at radius 3 is 2.15 bits per heavy atom. The van der Waals surface area contributed by atoms with Crippen LogP contribution < -0.4 is 5.32 Å². The molecule has 0 bridgehead atoms. The van der Waals surface area contributed by atoms with E-state index in [0.29, 0.717) is 11.3 Å². The Morgan fingerprint density at radius 2 is 1.60 bits per heavy atom. The highest BCUT2D eigenvalue weighted by molar-refractivity contribution is 6.32. The number of alkyl halides is 1. The summed E-state index contributed by atoms with van der Waals surface area (Å²) in [6, 6.07) is 14.9. The average Bonchev–Trinajstić information content (AvgIpc) is 2.48. The first-order chi connectivity index (χ1) is 9.58. The van der Waals surface area contributed by atoms with Crippen LogP contribution in [-0.4, -0.2) is 17.0 Å². The molecular formula is C15H12ClNO3. The molecule has 102 valence electrons. The number of carboxylic acid groups (broad SMARTS) is 1. The van der Waals surface area contributed by atoms with Gasteiger partial charge in [0.1, 0.15) is 5.38 Å². The van der Waals surface area contributed by atoms with Crippen LogP contribution in [0.3, 0.4) is 0 Å². The molecule has 2 N–H and O–H groups in total. The van der Waals surface area contributed by atoms with Gasteiger partial charge in [-0.3, -0.25) is 4.79 Å². The number of aromatic carboxylic acids is 1. The number of hydrogen-bond acceptors (Lipinski definition) is 2. The summed E-state index contributed by atoms with van der Waals surface area (Å²) in [6.07, 6.45) is 0. The Hall–Kier alpha value is -2.33. The Kier molecular flexibility index (Phi) is 4.38. The van der Waals surface area contributed by atoms with E-state index in [2.05, 4.69) is 5.32 Å². The summed E-state index contributed by atoms with van der Waals surface area (Å²) in [5.74, 6) is -1.37. The van der Waals surface area contributed by atoms with Crippen LogP contribution in [0.25, 0.3) is 0 Å². The Labute approximate surface area is 121 Å². The minimum atomic E-state index is -1.01. The van der Waals surface area contributed by atoms with Crippen molar-refractivity contribution < 1.29 is 14.7 Å². The van der Waals surface area contributed by atoms with Gasteiger partial charge in [0.05, 0.1) is 5.56 Å². The Bertz CT molecular complexity index is 611. The summed E-state index contributed by atoms with van der Waals surface area (Å²) >= 11 is 6.08. The molecule has 0 saturated heterocycles. The second kappa shape index (κ2) is 6.21. The third-order valence-corrected chi connectivity index (χ3v) is 3.17. The minimum absolute atomic E-state index is 0.161. The fourth-order valence-electron chi connectivity index (χ4n) is 1.68. The van der Waals surface area contributed by atoms with Crippen LogP contribution in [0.5, 0.6) is 0 Å². The molecule has 2 rings (SSSR count). The monoisotopic (exact) mass is 289 g/mol. The lowest BCUT2D eigenvalue weighted by atomic mass is 10.1. The molecule has 4 nitrogen and oxygen atoms in total. The van der Waals surface area contributed by atoms with Crippen molar-refractivity contribution in [3.05, 3.63) is 65.7 Å². The van der Waals surface area contributed by atoms with Crippen molar-refractivity contribution >= 4 is 29.2 Å². The molecule has 0 aliphatic carbocycles. The van der Waals surface area contributed by atoms with Crippen LogP contribution in [0.15, 0.2) is 54.6 Å². The van der Waals surface area contributed by atoms with Crippen molar-refractivity contribution in [3.63, 3.8) is 0 Å². The van der Waals surface area contributed by atoms with Gasteiger partial charge >= 0.3 is 5.97 Å². The molecule has 0 aliphatic rings. The van der Waals surface area contributed by atoms with Gasteiger partial charge in [-0.05, 0) is 29.8 Å². The number of rotatable bonds is 4.